The summed E-state index contributed by atoms with van der Waals surface area (Å²) in [6, 6.07) is 7.12. The molecule has 0 bridgehead atoms. The van der Waals surface area contributed by atoms with E-state index < -0.39 is 0 Å². The van der Waals surface area contributed by atoms with Gasteiger partial charge in [-0.05, 0) is 24.6 Å². The van der Waals surface area contributed by atoms with Crippen LogP contribution in [-0.2, 0) is 6.54 Å². The summed E-state index contributed by atoms with van der Waals surface area (Å²) in [5.74, 6) is 1.08. The minimum Gasteiger partial charge on any atom is -0.486 e. The number of rotatable bonds is 4. The quantitative estimate of drug-likeness (QED) is 0.801. The van der Waals surface area contributed by atoms with Crippen LogP contribution in [0.25, 0.3) is 0 Å². The third-order valence-corrected chi connectivity index (χ3v) is 3.20. The minimum atomic E-state index is -0.0849. The molecular weight excluding hydrogens is 256 g/mol. The molecule has 0 spiro atoms. The Morgan fingerprint density at radius 1 is 1.30 bits per heavy atom. The van der Waals surface area contributed by atoms with Gasteiger partial charge in [0, 0.05) is 12.7 Å². The average molecular weight is 272 g/mol. The molecule has 2 heterocycles. The number of hydrogen-bond acceptors (Lipinski definition) is 4. The molecule has 0 fully saturated rings. The molecule has 104 valence electrons. The smallest absolute Gasteiger partial charge is 0.214 e. The standard InChI is InChI=1S/C15H16N2O3/c1-2-8-17-12(6-7-16-17)14(18)11-4-3-5-13-15(11)20-10-9-19-13/h3-7H,2,8-10H2,1H3. The van der Waals surface area contributed by atoms with Crippen LogP contribution in [0.15, 0.2) is 30.5 Å². The molecule has 20 heavy (non-hydrogen) atoms. The minimum absolute atomic E-state index is 0.0849. The lowest BCUT2D eigenvalue weighted by atomic mass is 10.1. The number of aryl methyl sites for hydroxylation is 1. The van der Waals surface area contributed by atoms with Crippen molar-refractivity contribution in [2.24, 2.45) is 0 Å². The second-order valence-electron chi connectivity index (χ2n) is 4.60. The van der Waals surface area contributed by atoms with Crippen molar-refractivity contribution in [2.45, 2.75) is 19.9 Å². The number of aromatic nitrogens is 2. The highest BCUT2D eigenvalue weighted by Crippen LogP contribution is 2.34. The second-order valence-corrected chi connectivity index (χ2v) is 4.60. The van der Waals surface area contributed by atoms with Crippen LogP contribution in [0.4, 0.5) is 0 Å². The van der Waals surface area contributed by atoms with Crippen molar-refractivity contribution >= 4 is 5.78 Å². The van der Waals surface area contributed by atoms with Gasteiger partial charge in [0.05, 0.1) is 5.56 Å². The highest BCUT2D eigenvalue weighted by atomic mass is 16.6. The summed E-state index contributed by atoms with van der Waals surface area (Å²) in [5, 5.41) is 4.19. The first-order chi connectivity index (χ1) is 9.81. The van der Waals surface area contributed by atoms with Crippen molar-refractivity contribution in [3.63, 3.8) is 0 Å². The largest absolute Gasteiger partial charge is 0.486 e. The van der Waals surface area contributed by atoms with Crippen LogP contribution in [-0.4, -0.2) is 28.8 Å². The van der Waals surface area contributed by atoms with Crippen LogP contribution >= 0.6 is 0 Å². The Labute approximate surface area is 117 Å². The Morgan fingerprint density at radius 3 is 3.00 bits per heavy atom. The van der Waals surface area contributed by atoms with E-state index >= 15 is 0 Å². The lowest BCUT2D eigenvalue weighted by Crippen LogP contribution is -2.19. The molecule has 1 aromatic carbocycles. The van der Waals surface area contributed by atoms with Gasteiger partial charge in [-0.25, -0.2) is 0 Å². The van der Waals surface area contributed by atoms with E-state index in [0.717, 1.165) is 13.0 Å². The van der Waals surface area contributed by atoms with Gasteiger partial charge >= 0.3 is 0 Å². The zero-order valence-electron chi connectivity index (χ0n) is 11.3. The zero-order valence-corrected chi connectivity index (χ0v) is 11.3. The highest BCUT2D eigenvalue weighted by Gasteiger charge is 2.23. The van der Waals surface area contributed by atoms with Gasteiger partial charge in [0.15, 0.2) is 11.5 Å². The Kier molecular flexibility index (Phi) is 3.41. The highest BCUT2D eigenvalue weighted by molar-refractivity contribution is 6.10. The van der Waals surface area contributed by atoms with Crippen molar-refractivity contribution in [2.75, 3.05) is 13.2 Å². The molecule has 0 saturated carbocycles. The van der Waals surface area contributed by atoms with Gasteiger partial charge < -0.3 is 9.47 Å². The Morgan fingerprint density at radius 2 is 2.15 bits per heavy atom. The maximum atomic E-state index is 12.7. The lowest BCUT2D eigenvalue weighted by Gasteiger charge is -2.20. The molecule has 0 unspecified atom stereocenters. The number of nitrogens with zero attached hydrogens (tertiary/aromatic N) is 2. The molecule has 5 heteroatoms. The normalized spacial score (nSPS) is 13.2. The van der Waals surface area contributed by atoms with E-state index in [4.69, 9.17) is 9.47 Å². The van der Waals surface area contributed by atoms with Crippen molar-refractivity contribution < 1.29 is 14.3 Å². The molecule has 0 saturated heterocycles. The van der Waals surface area contributed by atoms with E-state index in [1.165, 1.54) is 0 Å². The van der Waals surface area contributed by atoms with Crippen molar-refractivity contribution in [1.29, 1.82) is 0 Å². The fourth-order valence-corrected chi connectivity index (χ4v) is 2.31. The van der Waals surface area contributed by atoms with Crippen LogP contribution in [0.1, 0.15) is 29.4 Å². The maximum Gasteiger partial charge on any atom is 0.214 e. The van der Waals surface area contributed by atoms with Crippen LogP contribution in [0.2, 0.25) is 0 Å². The molecule has 0 N–H and O–H groups in total. The van der Waals surface area contributed by atoms with Gasteiger partial charge in [-0.1, -0.05) is 13.0 Å². The molecule has 2 aromatic rings. The number of carbonyl (C=O) groups is 1. The molecule has 1 aliphatic heterocycles. The lowest BCUT2D eigenvalue weighted by molar-refractivity contribution is 0.101. The molecule has 0 radical (unpaired) electrons. The number of benzene rings is 1. The molecular formula is C15H16N2O3. The molecule has 1 aliphatic rings. The van der Waals surface area contributed by atoms with Gasteiger partial charge in [-0.2, -0.15) is 5.10 Å². The number of ketones is 1. The molecule has 0 atom stereocenters. The number of ether oxygens (including phenoxy) is 2. The number of para-hydroxylation sites is 1. The predicted octanol–water partition coefficient (Wildman–Crippen LogP) is 2.30. The molecule has 0 amide bonds. The first-order valence-corrected chi connectivity index (χ1v) is 6.76. The molecule has 0 aliphatic carbocycles. The molecule has 1 aromatic heterocycles. The third kappa shape index (κ3) is 2.15. The van der Waals surface area contributed by atoms with E-state index in [1.54, 1.807) is 29.1 Å². The fraction of sp³-hybridized carbons (Fsp3) is 0.333. The van der Waals surface area contributed by atoms with E-state index in [-0.39, 0.29) is 5.78 Å². The number of hydrogen-bond donors (Lipinski definition) is 0. The van der Waals surface area contributed by atoms with Crippen LogP contribution in [0.3, 0.4) is 0 Å². The van der Waals surface area contributed by atoms with Crippen LogP contribution < -0.4 is 9.47 Å². The van der Waals surface area contributed by atoms with Gasteiger partial charge in [-0.3, -0.25) is 9.48 Å². The van der Waals surface area contributed by atoms with Gasteiger partial charge in [-0.15, -0.1) is 0 Å². The Bertz CT molecular complexity index is 634. The van der Waals surface area contributed by atoms with E-state index in [1.807, 2.05) is 6.07 Å². The third-order valence-electron chi connectivity index (χ3n) is 3.20. The molecule has 3 rings (SSSR count). The maximum absolute atomic E-state index is 12.7. The number of fused-ring (bicyclic) bond motifs is 1. The van der Waals surface area contributed by atoms with Gasteiger partial charge in [0.2, 0.25) is 5.78 Å². The summed E-state index contributed by atoms with van der Waals surface area (Å²) in [7, 11) is 0. The van der Waals surface area contributed by atoms with Crippen molar-refractivity contribution in [1.82, 2.24) is 9.78 Å². The summed E-state index contributed by atoms with van der Waals surface area (Å²) in [4.78, 5) is 12.7. The first kappa shape index (κ1) is 12.7. The summed E-state index contributed by atoms with van der Waals surface area (Å²) in [6.45, 7) is 3.75. The van der Waals surface area contributed by atoms with Crippen molar-refractivity contribution in [3.8, 4) is 11.5 Å². The Hall–Kier alpha value is -2.30. The summed E-state index contributed by atoms with van der Waals surface area (Å²) < 4.78 is 12.8. The van der Waals surface area contributed by atoms with Gasteiger partial charge in [0.1, 0.15) is 18.9 Å². The Balaban J connectivity index is 2.00. The summed E-state index contributed by atoms with van der Waals surface area (Å²) >= 11 is 0. The van der Waals surface area contributed by atoms with Crippen LogP contribution in [0, 0.1) is 0 Å². The topological polar surface area (TPSA) is 53.4 Å². The van der Waals surface area contributed by atoms with Crippen LogP contribution in [0.5, 0.6) is 11.5 Å². The second kappa shape index (κ2) is 5.36. The monoisotopic (exact) mass is 272 g/mol. The van der Waals surface area contributed by atoms with Crippen molar-refractivity contribution in [3.05, 3.63) is 41.7 Å². The van der Waals surface area contributed by atoms with Gasteiger partial charge in [0.25, 0.3) is 0 Å². The average Bonchev–Trinajstić information content (AvgIpc) is 2.94. The SMILES string of the molecule is CCCn1nccc1C(=O)c1cccc2c1OCCO2. The fourth-order valence-electron chi connectivity index (χ4n) is 2.31. The van der Waals surface area contributed by atoms with E-state index in [2.05, 4.69) is 12.0 Å². The molecule has 5 nitrogen and oxygen atoms in total. The summed E-state index contributed by atoms with van der Waals surface area (Å²) in [5.41, 5.74) is 1.11. The predicted molar refractivity (Wildman–Crippen MR) is 73.4 cm³/mol. The first-order valence-electron chi connectivity index (χ1n) is 6.76. The van der Waals surface area contributed by atoms with E-state index in [9.17, 15) is 4.79 Å². The number of carbonyl (C=O) groups excluding carboxylic acids is 1. The summed E-state index contributed by atoms with van der Waals surface area (Å²) in [6.07, 6.45) is 2.57. The zero-order chi connectivity index (χ0) is 13.9. The van der Waals surface area contributed by atoms with E-state index in [0.29, 0.717) is 36.0 Å².